The Hall–Kier alpha value is -1.38. The second-order valence-electron chi connectivity index (χ2n) is 9.73. The summed E-state index contributed by atoms with van der Waals surface area (Å²) in [5.74, 6) is 4.39. The molecule has 4 saturated carbocycles. The van der Waals surface area contributed by atoms with Gasteiger partial charge in [-0.2, -0.15) is 0 Å². The topological polar surface area (TPSA) is 43.4 Å². The van der Waals surface area contributed by atoms with Crippen LogP contribution < -0.4 is 0 Å². The number of carbonyl (C=O) groups excluding carboxylic acids is 2. The fourth-order valence-corrected chi connectivity index (χ4v) is 8.13. The van der Waals surface area contributed by atoms with E-state index in [0.29, 0.717) is 23.5 Å². The molecule has 0 bridgehead atoms. The molecule has 5 aliphatic carbocycles. The fourth-order valence-electron chi connectivity index (χ4n) is 8.13. The molecule has 6 rings (SSSR count). The van der Waals surface area contributed by atoms with Crippen LogP contribution in [0, 0.1) is 40.9 Å². The highest BCUT2D eigenvalue weighted by Gasteiger charge is 2.77. The van der Waals surface area contributed by atoms with Crippen molar-refractivity contribution >= 4 is 11.8 Å². The van der Waals surface area contributed by atoms with Crippen molar-refractivity contribution in [3.05, 3.63) is 23.8 Å². The SMILES string of the molecule is C[C@]12CCC3C(CCC4=CC(=O)CC[C@@H]43)C1C1CC1[C@@]21C=CC(=O)O1. The van der Waals surface area contributed by atoms with Gasteiger partial charge in [-0.1, -0.05) is 12.5 Å². The van der Waals surface area contributed by atoms with Crippen molar-refractivity contribution in [1.29, 1.82) is 0 Å². The van der Waals surface area contributed by atoms with Crippen LogP contribution in [0.1, 0.15) is 51.9 Å². The molecule has 4 fully saturated rings. The normalized spacial score (nSPS) is 55.2. The lowest BCUT2D eigenvalue weighted by Gasteiger charge is -2.56. The van der Waals surface area contributed by atoms with Crippen LogP contribution >= 0.6 is 0 Å². The van der Waals surface area contributed by atoms with Crippen LogP contribution in [0.25, 0.3) is 0 Å². The van der Waals surface area contributed by atoms with E-state index in [0.717, 1.165) is 37.0 Å². The minimum atomic E-state index is -0.303. The van der Waals surface area contributed by atoms with E-state index < -0.39 is 0 Å². The summed E-state index contributed by atoms with van der Waals surface area (Å²) < 4.78 is 6.03. The van der Waals surface area contributed by atoms with Crippen molar-refractivity contribution in [2.75, 3.05) is 0 Å². The average Bonchev–Trinajstić information content (AvgIpc) is 3.23. The Bertz CT molecular complexity index is 748. The highest BCUT2D eigenvalue weighted by Crippen LogP contribution is 2.77. The highest BCUT2D eigenvalue weighted by atomic mass is 16.6. The molecular weight excluding hydrogens is 312 g/mol. The number of carbonyl (C=O) groups is 2. The summed E-state index contributed by atoms with van der Waals surface area (Å²) in [5.41, 5.74) is 1.27. The number of hydrogen-bond donors (Lipinski definition) is 0. The second-order valence-corrected chi connectivity index (χ2v) is 9.73. The van der Waals surface area contributed by atoms with Crippen LogP contribution in [0.2, 0.25) is 0 Å². The Morgan fingerprint density at radius 2 is 1.96 bits per heavy atom. The van der Waals surface area contributed by atoms with Crippen LogP contribution in [0.15, 0.2) is 23.8 Å². The Kier molecular flexibility index (Phi) is 2.64. The van der Waals surface area contributed by atoms with Gasteiger partial charge < -0.3 is 4.74 Å². The minimum Gasteiger partial charge on any atom is -0.451 e. The molecule has 0 saturated heterocycles. The summed E-state index contributed by atoms with van der Waals surface area (Å²) in [5, 5.41) is 0. The third-order valence-electron chi connectivity index (χ3n) is 9.03. The van der Waals surface area contributed by atoms with Crippen molar-refractivity contribution in [2.45, 2.75) is 57.5 Å². The first-order valence-electron chi connectivity index (χ1n) is 10.2. The number of hydrogen-bond acceptors (Lipinski definition) is 3. The molecule has 1 spiro atoms. The predicted molar refractivity (Wildman–Crippen MR) is 92.4 cm³/mol. The van der Waals surface area contributed by atoms with Crippen molar-refractivity contribution in [2.24, 2.45) is 40.9 Å². The summed E-state index contributed by atoms with van der Waals surface area (Å²) in [6.07, 6.45) is 13.6. The van der Waals surface area contributed by atoms with E-state index >= 15 is 0 Å². The van der Waals surface area contributed by atoms with E-state index in [1.807, 2.05) is 6.08 Å². The van der Waals surface area contributed by atoms with Gasteiger partial charge in [0.25, 0.3) is 0 Å². The molecule has 3 nitrogen and oxygen atoms in total. The second kappa shape index (κ2) is 4.47. The van der Waals surface area contributed by atoms with Crippen molar-refractivity contribution < 1.29 is 14.3 Å². The van der Waals surface area contributed by atoms with E-state index in [9.17, 15) is 9.59 Å². The summed E-state index contributed by atoms with van der Waals surface area (Å²) in [6, 6.07) is 0. The van der Waals surface area contributed by atoms with Crippen LogP contribution in [0.5, 0.6) is 0 Å². The first-order chi connectivity index (χ1) is 12.0. The smallest absolute Gasteiger partial charge is 0.331 e. The molecule has 0 aromatic carbocycles. The Morgan fingerprint density at radius 1 is 1.08 bits per heavy atom. The quantitative estimate of drug-likeness (QED) is 0.630. The van der Waals surface area contributed by atoms with Crippen LogP contribution in [-0.4, -0.2) is 17.4 Å². The molecule has 8 atom stereocenters. The monoisotopic (exact) mass is 338 g/mol. The Morgan fingerprint density at radius 3 is 2.76 bits per heavy atom. The van der Waals surface area contributed by atoms with Gasteiger partial charge in [0.2, 0.25) is 0 Å². The number of ketones is 1. The molecule has 25 heavy (non-hydrogen) atoms. The van der Waals surface area contributed by atoms with E-state index in [1.165, 1.54) is 31.3 Å². The highest BCUT2D eigenvalue weighted by molar-refractivity contribution is 5.91. The Balaban J connectivity index is 1.38. The zero-order chi connectivity index (χ0) is 17.0. The van der Waals surface area contributed by atoms with Crippen molar-refractivity contribution in [3.63, 3.8) is 0 Å². The lowest BCUT2D eigenvalue weighted by molar-refractivity contribution is -0.167. The van der Waals surface area contributed by atoms with Gasteiger partial charge in [0.05, 0.1) is 0 Å². The first-order valence-corrected chi connectivity index (χ1v) is 10.2. The molecule has 3 heteroatoms. The van der Waals surface area contributed by atoms with Crippen molar-refractivity contribution in [1.82, 2.24) is 0 Å². The molecule has 0 aromatic heterocycles. The fraction of sp³-hybridized carbons (Fsp3) is 0.727. The van der Waals surface area contributed by atoms with Crippen molar-refractivity contribution in [3.8, 4) is 0 Å². The minimum absolute atomic E-state index is 0.121. The zero-order valence-electron chi connectivity index (χ0n) is 14.9. The molecule has 6 aliphatic rings. The molecule has 1 heterocycles. The molecule has 0 N–H and O–H groups in total. The van der Waals surface area contributed by atoms with Gasteiger partial charge in [-0.05, 0) is 80.3 Å². The number of rotatable bonds is 0. The molecule has 1 aliphatic heterocycles. The van der Waals surface area contributed by atoms with Gasteiger partial charge in [0.1, 0.15) is 5.60 Å². The van der Waals surface area contributed by atoms with Gasteiger partial charge in [-0.3, -0.25) is 4.79 Å². The third-order valence-corrected chi connectivity index (χ3v) is 9.03. The number of fused-ring (bicyclic) bond motifs is 9. The Labute approximate surface area is 148 Å². The molecule has 0 amide bonds. The summed E-state index contributed by atoms with van der Waals surface area (Å²) in [7, 11) is 0. The summed E-state index contributed by atoms with van der Waals surface area (Å²) in [4.78, 5) is 23.8. The van der Waals surface area contributed by atoms with Gasteiger partial charge >= 0.3 is 5.97 Å². The maximum atomic E-state index is 11.9. The zero-order valence-corrected chi connectivity index (χ0v) is 14.9. The maximum absolute atomic E-state index is 11.9. The van der Waals surface area contributed by atoms with Crippen LogP contribution in [0.3, 0.4) is 0 Å². The molecule has 0 radical (unpaired) electrons. The lowest BCUT2D eigenvalue weighted by atomic mass is 9.49. The maximum Gasteiger partial charge on any atom is 0.331 e. The summed E-state index contributed by atoms with van der Waals surface area (Å²) >= 11 is 0. The first kappa shape index (κ1) is 14.8. The average molecular weight is 338 g/mol. The number of allylic oxidation sites excluding steroid dienone is 1. The number of ether oxygens (including phenoxy) is 1. The largest absolute Gasteiger partial charge is 0.451 e. The predicted octanol–water partition coefficient (Wildman–Crippen LogP) is 3.84. The van der Waals surface area contributed by atoms with E-state index in [4.69, 9.17) is 4.74 Å². The number of esters is 1. The van der Waals surface area contributed by atoms with Gasteiger partial charge in [0.15, 0.2) is 5.78 Å². The van der Waals surface area contributed by atoms with Crippen LogP contribution in [0.4, 0.5) is 0 Å². The molecule has 132 valence electrons. The molecule has 0 aromatic rings. The van der Waals surface area contributed by atoms with E-state index in [-0.39, 0.29) is 17.0 Å². The summed E-state index contributed by atoms with van der Waals surface area (Å²) in [6.45, 7) is 2.42. The molecular formula is C22H26O3. The third kappa shape index (κ3) is 1.64. The van der Waals surface area contributed by atoms with E-state index in [2.05, 4.69) is 13.0 Å². The van der Waals surface area contributed by atoms with E-state index in [1.54, 1.807) is 6.08 Å². The standard InChI is InChI=1S/C22H26O3/c1-21-8-6-15-14-5-3-13(23)10-12(14)2-4-16(15)20(21)17-11-18(17)22(21)9-7-19(24)25-22/h7,9-10,14-18,20H,2-6,8,11H2,1H3/t14-,15?,16?,17?,18?,20?,21-,22-/m0/s1. The molecule has 5 unspecified atom stereocenters. The lowest BCUT2D eigenvalue weighted by Crippen LogP contribution is -2.54. The van der Waals surface area contributed by atoms with Gasteiger partial charge in [-0.25, -0.2) is 4.79 Å². The van der Waals surface area contributed by atoms with Gasteiger partial charge in [0, 0.05) is 23.8 Å². The van der Waals surface area contributed by atoms with Crippen LogP contribution in [-0.2, 0) is 14.3 Å². The van der Waals surface area contributed by atoms with Gasteiger partial charge in [-0.15, -0.1) is 0 Å².